The van der Waals surface area contributed by atoms with E-state index >= 15 is 0 Å². The average molecular weight is 561 g/mol. The van der Waals surface area contributed by atoms with E-state index in [1.165, 1.54) is 0 Å². The van der Waals surface area contributed by atoms with E-state index in [9.17, 15) is 27.5 Å². The van der Waals surface area contributed by atoms with Crippen LogP contribution in [-0.2, 0) is 11.0 Å². The molecule has 3 aromatic heterocycles. The molecule has 0 amide bonds. The lowest BCUT2D eigenvalue weighted by atomic mass is 9.94. The van der Waals surface area contributed by atoms with E-state index < -0.39 is 41.2 Å². The standard InChI is InChI=1S/C26H24F4N6O4/c27-18-7-8-21(31-11-18)36-23(26(28,29)30)19(12-32-36)25-33-24(34-40-25)17-5-3-16(4-6-17)20(37)14-35-9-1-2-15(13-35)10-22(38)39/h3-8,11-12,15,20,37H,1-2,9-10,13-14H2,(H,38,39). The number of aliphatic hydroxyl groups excluding tert-OH is 1. The lowest BCUT2D eigenvalue weighted by molar-refractivity contribution is -0.142. The number of carboxylic acid groups (broad SMARTS) is 1. The van der Waals surface area contributed by atoms with Gasteiger partial charge in [0.1, 0.15) is 5.82 Å². The van der Waals surface area contributed by atoms with E-state index in [-0.39, 0.29) is 24.0 Å². The van der Waals surface area contributed by atoms with E-state index in [4.69, 9.17) is 9.63 Å². The van der Waals surface area contributed by atoms with Crippen LogP contribution in [0.3, 0.4) is 0 Å². The van der Waals surface area contributed by atoms with Gasteiger partial charge >= 0.3 is 12.1 Å². The summed E-state index contributed by atoms with van der Waals surface area (Å²) >= 11 is 0. The van der Waals surface area contributed by atoms with E-state index in [2.05, 4.69) is 20.2 Å². The zero-order chi connectivity index (χ0) is 28.4. The van der Waals surface area contributed by atoms with Crippen molar-refractivity contribution in [2.24, 2.45) is 5.92 Å². The first-order valence-electron chi connectivity index (χ1n) is 12.4. The van der Waals surface area contributed by atoms with Gasteiger partial charge in [-0.2, -0.15) is 23.3 Å². The number of rotatable bonds is 8. The van der Waals surface area contributed by atoms with Gasteiger partial charge in [-0.15, -0.1) is 0 Å². The highest BCUT2D eigenvalue weighted by Gasteiger charge is 2.41. The van der Waals surface area contributed by atoms with Crippen molar-refractivity contribution in [2.45, 2.75) is 31.5 Å². The molecule has 1 saturated heterocycles. The Hall–Kier alpha value is -4.17. The first-order chi connectivity index (χ1) is 19.1. The number of pyridine rings is 1. The molecule has 1 aliphatic heterocycles. The molecule has 2 N–H and O–H groups in total. The van der Waals surface area contributed by atoms with Gasteiger partial charge in [0.05, 0.1) is 24.1 Å². The highest BCUT2D eigenvalue weighted by atomic mass is 19.4. The van der Waals surface area contributed by atoms with Crippen LogP contribution >= 0.6 is 0 Å². The summed E-state index contributed by atoms with van der Waals surface area (Å²) < 4.78 is 60.8. The molecule has 210 valence electrons. The number of alkyl halides is 3. The van der Waals surface area contributed by atoms with Gasteiger partial charge in [-0.25, -0.2) is 14.1 Å². The third-order valence-corrected chi connectivity index (χ3v) is 6.67. The Morgan fingerprint density at radius 3 is 2.60 bits per heavy atom. The number of aliphatic hydroxyl groups is 1. The Kier molecular flexibility index (Phi) is 7.63. The second-order valence-electron chi connectivity index (χ2n) is 9.58. The highest BCUT2D eigenvalue weighted by molar-refractivity contribution is 5.67. The zero-order valence-corrected chi connectivity index (χ0v) is 20.9. The SMILES string of the molecule is O=C(O)CC1CCCN(CC(O)c2ccc(-c3noc(-c4cnn(-c5ccc(F)cn5)c4C(F)(F)F)n3)cc2)C1. The molecule has 40 heavy (non-hydrogen) atoms. The molecular formula is C26H24F4N6O4. The topological polar surface area (TPSA) is 130 Å². The minimum Gasteiger partial charge on any atom is -0.481 e. The summed E-state index contributed by atoms with van der Waals surface area (Å²) in [5, 5.41) is 27.3. The smallest absolute Gasteiger partial charge is 0.434 e. The number of benzene rings is 1. The van der Waals surface area contributed by atoms with Crippen molar-refractivity contribution in [3.8, 4) is 28.7 Å². The van der Waals surface area contributed by atoms with Gasteiger partial charge < -0.3 is 19.6 Å². The first-order valence-corrected chi connectivity index (χ1v) is 12.4. The summed E-state index contributed by atoms with van der Waals surface area (Å²) in [5.74, 6) is -2.12. The predicted molar refractivity (Wildman–Crippen MR) is 131 cm³/mol. The zero-order valence-electron chi connectivity index (χ0n) is 20.9. The maximum absolute atomic E-state index is 14.0. The molecule has 4 heterocycles. The molecule has 0 spiro atoms. The van der Waals surface area contributed by atoms with Crippen LogP contribution in [0.4, 0.5) is 17.6 Å². The molecule has 0 radical (unpaired) electrons. The Bertz CT molecular complexity index is 1470. The van der Waals surface area contributed by atoms with E-state index in [1.54, 1.807) is 24.3 Å². The van der Waals surface area contributed by atoms with Gasteiger partial charge in [-0.1, -0.05) is 29.4 Å². The van der Waals surface area contributed by atoms with Crippen LogP contribution in [0.1, 0.15) is 36.6 Å². The Morgan fingerprint density at radius 1 is 1.15 bits per heavy atom. The number of nitrogens with zero attached hydrogens (tertiary/aromatic N) is 6. The molecule has 5 rings (SSSR count). The molecule has 1 aliphatic rings. The number of aromatic nitrogens is 5. The number of likely N-dealkylation sites (tertiary alicyclic amines) is 1. The molecular weight excluding hydrogens is 536 g/mol. The number of piperidine rings is 1. The second kappa shape index (κ2) is 11.1. The third kappa shape index (κ3) is 6.02. The van der Waals surface area contributed by atoms with Gasteiger partial charge in [-0.05, 0) is 43.0 Å². The van der Waals surface area contributed by atoms with Crippen molar-refractivity contribution in [3.63, 3.8) is 0 Å². The normalized spacial score (nSPS) is 17.2. The summed E-state index contributed by atoms with van der Waals surface area (Å²) in [5.41, 5.74) is -0.609. The number of β-amino-alcohol motifs (C(OH)–C–C–N with tert-alkyl or cyclic N) is 1. The molecule has 2 unspecified atom stereocenters. The van der Waals surface area contributed by atoms with Crippen LogP contribution in [0.5, 0.6) is 0 Å². The molecule has 0 saturated carbocycles. The molecule has 4 aromatic rings. The molecule has 0 aliphatic carbocycles. The lowest BCUT2D eigenvalue weighted by Gasteiger charge is -2.33. The van der Waals surface area contributed by atoms with Crippen LogP contribution < -0.4 is 0 Å². The van der Waals surface area contributed by atoms with E-state index in [0.717, 1.165) is 43.9 Å². The molecule has 1 fully saturated rings. The number of carbonyl (C=O) groups is 1. The predicted octanol–water partition coefficient (Wildman–Crippen LogP) is 4.36. The van der Waals surface area contributed by atoms with Crippen molar-refractivity contribution in [1.82, 2.24) is 29.8 Å². The number of carboxylic acids is 1. The fourth-order valence-corrected chi connectivity index (χ4v) is 4.83. The number of halogens is 4. The summed E-state index contributed by atoms with van der Waals surface area (Å²) in [7, 11) is 0. The average Bonchev–Trinajstić information content (AvgIpc) is 3.57. The Balaban J connectivity index is 1.32. The van der Waals surface area contributed by atoms with Crippen LogP contribution in [0, 0.1) is 11.7 Å². The van der Waals surface area contributed by atoms with Crippen molar-refractivity contribution < 1.29 is 37.1 Å². The minimum absolute atomic E-state index is 0.0318. The van der Waals surface area contributed by atoms with E-state index in [1.807, 2.05) is 4.90 Å². The molecule has 2 atom stereocenters. The first kappa shape index (κ1) is 27.4. The van der Waals surface area contributed by atoms with Crippen LogP contribution in [0.25, 0.3) is 28.7 Å². The number of hydrogen-bond acceptors (Lipinski definition) is 8. The molecule has 14 heteroatoms. The summed E-state index contributed by atoms with van der Waals surface area (Å²) in [6, 6.07) is 8.59. The minimum atomic E-state index is -4.86. The van der Waals surface area contributed by atoms with Crippen LogP contribution in [0.15, 0.2) is 53.3 Å². The lowest BCUT2D eigenvalue weighted by Crippen LogP contribution is -2.38. The summed E-state index contributed by atoms with van der Waals surface area (Å²) in [6.45, 7) is 1.71. The fourth-order valence-electron chi connectivity index (χ4n) is 4.83. The maximum atomic E-state index is 14.0. The van der Waals surface area contributed by atoms with Crippen molar-refractivity contribution in [1.29, 1.82) is 0 Å². The van der Waals surface area contributed by atoms with Gasteiger partial charge in [0.2, 0.25) is 5.82 Å². The fraction of sp³-hybridized carbons (Fsp3) is 0.346. The largest absolute Gasteiger partial charge is 0.481 e. The van der Waals surface area contributed by atoms with Crippen molar-refractivity contribution >= 4 is 5.97 Å². The van der Waals surface area contributed by atoms with Gasteiger partial charge in [0, 0.05) is 25.1 Å². The molecule has 0 bridgehead atoms. The quantitative estimate of drug-likeness (QED) is 0.302. The number of aliphatic carboxylic acids is 1. The van der Waals surface area contributed by atoms with Gasteiger partial charge in [0.25, 0.3) is 5.89 Å². The van der Waals surface area contributed by atoms with Crippen LogP contribution in [0.2, 0.25) is 0 Å². The summed E-state index contributed by atoms with van der Waals surface area (Å²) in [4.78, 5) is 20.9. The van der Waals surface area contributed by atoms with Crippen molar-refractivity contribution in [3.05, 3.63) is 65.9 Å². The Morgan fingerprint density at radius 2 is 1.93 bits per heavy atom. The van der Waals surface area contributed by atoms with Gasteiger partial charge in [-0.3, -0.25) is 4.79 Å². The van der Waals surface area contributed by atoms with Crippen molar-refractivity contribution in [2.75, 3.05) is 19.6 Å². The number of hydrogen-bond donors (Lipinski definition) is 2. The third-order valence-electron chi connectivity index (χ3n) is 6.67. The van der Waals surface area contributed by atoms with E-state index in [0.29, 0.717) is 28.9 Å². The summed E-state index contributed by atoms with van der Waals surface area (Å²) in [6.07, 6.45) is -2.18. The van der Waals surface area contributed by atoms with Crippen LogP contribution in [-0.4, -0.2) is 65.6 Å². The maximum Gasteiger partial charge on any atom is 0.434 e. The monoisotopic (exact) mass is 560 g/mol. The molecule has 1 aromatic carbocycles. The van der Waals surface area contributed by atoms with Gasteiger partial charge in [0.15, 0.2) is 11.5 Å². The second-order valence-corrected chi connectivity index (χ2v) is 9.58. The highest BCUT2D eigenvalue weighted by Crippen LogP contribution is 2.38. The molecule has 10 nitrogen and oxygen atoms in total. The Labute approximate surface area is 224 Å².